The van der Waals surface area contributed by atoms with Gasteiger partial charge in [0.2, 0.25) is 0 Å². The molecule has 0 spiro atoms. The fourth-order valence-electron chi connectivity index (χ4n) is 2.20. The fourth-order valence-corrected chi connectivity index (χ4v) is 2.20. The van der Waals surface area contributed by atoms with E-state index in [4.69, 9.17) is 5.11 Å². The van der Waals surface area contributed by atoms with Gasteiger partial charge in [-0.1, -0.05) is 55.5 Å². The normalized spacial score (nSPS) is 12.1. The maximum Gasteiger partial charge on any atom is 0.310 e. The molecule has 0 heterocycles. The second-order valence-electron chi connectivity index (χ2n) is 4.70. The standard InChI is InChI=1S/C17H18O2/c1-3-13-9-10-15(12(2)17(18)19)11-16(13)14-7-5-4-6-8-14/h4-12H,3H2,1-2H3,(H,18,19). The maximum absolute atomic E-state index is 11.1. The van der Waals surface area contributed by atoms with E-state index in [9.17, 15) is 4.79 Å². The summed E-state index contributed by atoms with van der Waals surface area (Å²) in [5.41, 5.74) is 4.36. The van der Waals surface area contributed by atoms with Gasteiger partial charge >= 0.3 is 5.97 Å². The Morgan fingerprint density at radius 2 is 1.84 bits per heavy atom. The highest BCUT2D eigenvalue weighted by Crippen LogP contribution is 2.28. The van der Waals surface area contributed by atoms with Gasteiger partial charge in [0, 0.05) is 0 Å². The zero-order valence-electron chi connectivity index (χ0n) is 11.3. The van der Waals surface area contributed by atoms with Crippen LogP contribution in [0.1, 0.15) is 30.9 Å². The molecule has 2 nitrogen and oxygen atoms in total. The first-order valence-corrected chi connectivity index (χ1v) is 6.54. The smallest absolute Gasteiger partial charge is 0.310 e. The summed E-state index contributed by atoms with van der Waals surface area (Å²) in [5.74, 6) is -1.27. The van der Waals surface area contributed by atoms with Crippen LogP contribution in [0, 0.1) is 0 Å². The molecule has 1 atom stereocenters. The first kappa shape index (κ1) is 13.3. The van der Waals surface area contributed by atoms with Crippen LogP contribution in [-0.4, -0.2) is 11.1 Å². The number of hydrogen-bond acceptors (Lipinski definition) is 1. The Labute approximate surface area is 113 Å². The van der Waals surface area contributed by atoms with Crippen LogP contribution in [0.15, 0.2) is 48.5 Å². The second-order valence-corrected chi connectivity index (χ2v) is 4.70. The van der Waals surface area contributed by atoms with Crippen molar-refractivity contribution in [2.45, 2.75) is 26.2 Å². The van der Waals surface area contributed by atoms with E-state index in [2.05, 4.69) is 19.1 Å². The van der Waals surface area contributed by atoms with Crippen LogP contribution < -0.4 is 0 Å². The summed E-state index contributed by atoms with van der Waals surface area (Å²) in [5, 5.41) is 9.12. The van der Waals surface area contributed by atoms with Crippen molar-refractivity contribution in [2.75, 3.05) is 0 Å². The molecule has 98 valence electrons. The summed E-state index contributed by atoms with van der Waals surface area (Å²) in [6.45, 7) is 3.83. The Balaban J connectivity index is 2.52. The highest BCUT2D eigenvalue weighted by atomic mass is 16.4. The minimum atomic E-state index is -0.789. The molecule has 0 radical (unpaired) electrons. The lowest BCUT2D eigenvalue weighted by Gasteiger charge is -2.13. The zero-order valence-corrected chi connectivity index (χ0v) is 11.3. The number of carboxylic acid groups (broad SMARTS) is 1. The lowest BCUT2D eigenvalue weighted by atomic mass is 9.92. The van der Waals surface area contributed by atoms with Crippen LogP contribution >= 0.6 is 0 Å². The summed E-state index contributed by atoms with van der Waals surface area (Å²) in [6, 6.07) is 16.1. The van der Waals surface area contributed by atoms with E-state index in [0.717, 1.165) is 23.1 Å². The van der Waals surface area contributed by atoms with Crippen LogP contribution in [0.5, 0.6) is 0 Å². The van der Waals surface area contributed by atoms with Gasteiger partial charge in [0.05, 0.1) is 5.92 Å². The summed E-state index contributed by atoms with van der Waals surface area (Å²) in [7, 11) is 0. The third kappa shape index (κ3) is 2.84. The van der Waals surface area contributed by atoms with Crippen molar-refractivity contribution < 1.29 is 9.90 Å². The van der Waals surface area contributed by atoms with Gasteiger partial charge in [-0.25, -0.2) is 0 Å². The third-order valence-electron chi connectivity index (χ3n) is 3.47. The molecule has 2 aromatic carbocycles. The Kier molecular flexibility index (Phi) is 4.00. The van der Waals surface area contributed by atoms with E-state index in [1.807, 2.05) is 36.4 Å². The average molecular weight is 254 g/mol. The molecule has 19 heavy (non-hydrogen) atoms. The molecule has 0 saturated heterocycles. The molecule has 1 N–H and O–H groups in total. The van der Waals surface area contributed by atoms with Crippen molar-refractivity contribution >= 4 is 5.97 Å². The largest absolute Gasteiger partial charge is 0.481 e. The van der Waals surface area contributed by atoms with E-state index >= 15 is 0 Å². The van der Waals surface area contributed by atoms with Crippen molar-refractivity contribution in [3.05, 3.63) is 59.7 Å². The molecule has 0 amide bonds. The van der Waals surface area contributed by atoms with E-state index in [1.165, 1.54) is 5.56 Å². The average Bonchev–Trinajstić information content (AvgIpc) is 2.46. The van der Waals surface area contributed by atoms with Crippen LogP contribution in [0.3, 0.4) is 0 Å². The number of aryl methyl sites for hydroxylation is 1. The SMILES string of the molecule is CCc1ccc(C(C)C(=O)O)cc1-c1ccccc1. The molecule has 1 unspecified atom stereocenters. The Hall–Kier alpha value is -2.09. The zero-order chi connectivity index (χ0) is 13.8. The minimum absolute atomic E-state index is 0.478. The predicted molar refractivity (Wildman–Crippen MR) is 77.3 cm³/mol. The van der Waals surface area contributed by atoms with Crippen LogP contribution in [-0.2, 0) is 11.2 Å². The Morgan fingerprint density at radius 1 is 1.16 bits per heavy atom. The van der Waals surface area contributed by atoms with E-state index in [0.29, 0.717) is 0 Å². The van der Waals surface area contributed by atoms with Gasteiger partial charge in [0.15, 0.2) is 0 Å². The molecule has 0 saturated carbocycles. The van der Waals surface area contributed by atoms with Gasteiger partial charge in [0.1, 0.15) is 0 Å². The van der Waals surface area contributed by atoms with Gasteiger partial charge < -0.3 is 5.11 Å². The second kappa shape index (κ2) is 5.70. The first-order valence-electron chi connectivity index (χ1n) is 6.54. The molecule has 2 heteroatoms. The lowest BCUT2D eigenvalue weighted by molar-refractivity contribution is -0.138. The third-order valence-corrected chi connectivity index (χ3v) is 3.47. The van der Waals surface area contributed by atoms with Crippen molar-refractivity contribution in [1.82, 2.24) is 0 Å². The van der Waals surface area contributed by atoms with Crippen LogP contribution in [0.4, 0.5) is 0 Å². The fraction of sp³-hybridized carbons (Fsp3) is 0.235. The topological polar surface area (TPSA) is 37.3 Å². The quantitative estimate of drug-likeness (QED) is 0.891. The molecule has 2 rings (SSSR count). The molecule has 0 fully saturated rings. The predicted octanol–water partition coefficient (Wildman–Crippen LogP) is 4.10. The first-order chi connectivity index (χ1) is 9.13. The van der Waals surface area contributed by atoms with E-state index in [-0.39, 0.29) is 0 Å². The van der Waals surface area contributed by atoms with Crippen molar-refractivity contribution in [1.29, 1.82) is 0 Å². The van der Waals surface area contributed by atoms with Gasteiger partial charge in [-0.05, 0) is 35.6 Å². The molecule has 2 aromatic rings. The maximum atomic E-state index is 11.1. The molecular weight excluding hydrogens is 236 g/mol. The minimum Gasteiger partial charge on any atom is -0.481 e. The van der Waals surface area contributed by atoms with Gasteiger partial charge in [-0.2, -0.15) is 0 Å². The number of carboxylic acids is 1. The van der Waals surface area contributed by atoms with Gasteiger partial charge in [-0.15, -0.1) is 0 Å². The number of carbonyl (C=O) groups is 1. The molecule has 0 bridgehead atoms. The molecule has 0 aliphatic carbocycles. The van der Waals surface area contributed by atoms with Crippen molar-refractivity contribution in [2.24, 2.45) is 0 Å². The highest BCUT2D eigenvalue weighted by Gasteiger charge is 2.15. The molecular formula is C17H18O2. The molecule has 0 aliphatic rings. The van der Waals surface area contributed by atoms with Crippen LogP contribution in [0.25, 0.3) is 11.1 Å². The Morgan fingerprint density at radius 3 is 2.42 bits per heavy atom. The highest BCUT2D eigenvalue weighted by molar-refractivity contribution is 5.77. The monoisotopic (exact) mass is 254 g/mol. The molecule has 0 aliphatic heterocycles. The van der Waals surface area contributed by atoms with E-state index < -0.39 is 11.9 Å². The number of aliphatic carboxylic acids is 1. The summed E-state index contributed by atoms with van der Waals surface area (Å²) >= 11 is 0. The van der Waals surface area contributed by atoms with E-state index in [1.54, 1.807) is 6.92 Å². The summed E-state index contributed by atoms with van der Waals surface area (Å²) in [6.07, 6.45) is 0.936. The Bertz CT molecular complexity index is 573. The number of benzene rings is 2. The van der Waals surface area contributed by atoms with Crippen molar-refractivity contribution in [3.8, 4) is 11.1 Å². The molecule has 0 aromatic heterocycles. The van der Waals surface area contributed by atoms with Crippen LogP contribution in [0.2, 0.25) is 0 Å². The summed E-state index contributed by atoms with van der Waals surface area (Å²) in [4.78, 5) is 11.1. The van der Waals surface area contributed by atoms with Gasteiger partial charge in [-0.3, -0.25) is 4.79 Å². The summed E-state index contributed by atoms with van der Waals surface area (Å²) < 4.78 is 0. The number of hydrogen-bond donors (Lipinski definition) is 1. The van der Waals surface area contributed by atoms with Crippen molar-refractivity contribution in [3.63, 3.8) is 0 Å². The number of rotatable bonds is 4. The lowest BCUT2D eigenvalue weighted by Crippen LogP contribution is -2.07. The van der Waals surface area contributed by atoms with Gasteiger partial charge in [0.25, 0.3) is 0 Å².